The first-order chi connectivity index (χ1) is 7.97. The van der Waals surface area contributed by atoms with Gasteiger partial charge in [0.25, 0.3) is 5.91 Å². The molecule has 3 heteroatoms. The summed E-state index contributed by atoms with van der Waals surface area (Å²) in [6.45, 7) is 5.95. The smallest absolute Gasteiger partial charge is 0.253 e. The van der Waals surface area contributed by atoms with E-state index in [0.717, 1.165) is 18.4 Å². The molecule has 0 spiro atoms. The molecule has 0 aliphatic heterocycles. The monoisotopic (exact) mass is 235 g/mol. The molecule has 0 aliphatic rings. The van der Waals surface area contributed by atoms with E-state index in [1.54, 1.807) is 24.1 Å². The molecule has 17 heavy (non-hydrogen) atoms. The zero-order valence-corrected chi connectivity index (χ0v) is 11.0. The Morgan fingerprint density at radius 3 is 2.65 bits per heavy atom. The number of nitrogens with zero attached hydrogens (tertiary/aromatic N) is 1. The molecule has 0 saturated carbocycles. The van der Waals surface area contributed by atoms with Gasteiger partial charge in [-0.3, -0.25) is 4.79 Å². The number of amides is 1. The number of carbonyl (C=O) groups excluding carboxylic acids is 1. The van der Waals surface area contributed by atoms with Crippen molar-refractivity contribution < 1.29 is 9.90 Å². The fourth-order valence-electron chi connectivity index (χ4n) is 1.76. The molecule has 0 heterocycles. The van der Waals surface area contributed by atoms with Crippen molar-refractivity contribution in [3.8, 4) is 5.75 Å². The molecule has 1 amide bonds. The highest BCUT2D eigenvalue weighted by molar-refractivity contribution is 5.94. The van der Waals surface area contributed by atoms with Gasteiger partial charge in [0.05, 0.1) is 0 Å². The van der Waals surface area contributed by atoms with Crippen molar-refractivity contribution in [2.45, 2.75) is 39.7 Å². The van der Waals surface area contributed by atoms with Gasteiger partial charge < -0.3 is 10.0 Å². The molecule has 0 fully saturated rings. The number of benzene rings is 1. The second-order valence-corrected chi connectivity index (χ2v) is 4.56. The van der Waals surface area contributed by atoms with Crippen LogP contribution in [0.5, 0.6) is 5.75 Å². The molecule has 0 bridgehead atoms. The van der Waals surface area contributed by atoms with E-state index in [-0.39, 0.29) is 17.7 Å². The fraction of sp³-hybridized carbons (Fsp3) is 0.500. The zero-order chi connectivity index (χ0) is 13.0. The molecule has 1 aromatic carbocycles. The van der Waals surface area contributed by atoms with E-state index < -0.39 is 0 Å². The third-order valence-electron chi connectivity index (χ3n) is 3.14. The standard InChI is InChI=1S/C14H21NO2/c1-5-6-11(3)15(4)14(17)12-8-7-10(2)13(16)9-12/h7-9,11,16H,5-6H2,1-4H3. The van der Waals surface area contributed by atoms with Crippen LogP contribution in [0.25, 0.3) is 0 Å². The zero-order valence-electron chi connectivity index (χ0n) is 11.0. The van der Waals surface area contributed by atoms with E-state index in [0.29, 0.717) is 5.56 Å². The van der Waals surface area contributed by atoms with Crippen molar-refractivity contribution in [3.63, 3.8) is 0 Å². The number of rotatable bonds is 4. The normalized spacial score (nSPS) is 12.2. The number of hydrogen-bond acceptors (Lipinski definition) is 2. The quantitative estimate of drug-likeness (QED) is 0.871. The molecular formula is C14H21NO2. The lowest BCUT2D eigenvalue weighted by Crippen LogP contribution is -2.34. The number of phenolic OH excluding ortho intramolecular Hbond substituents is 1. The topological polar surface area (TPSA) is 40.5 Å². The Morgan fingerprint density at radius 1 is 1.47 bits per heavy atom. The van der Waals surface area contributed by atoms with Gasteiger partial charge in [0, 0.05) is 18.7 Å². The molecule has 0 saturated heterocycles. The Hall–Kier alpha value is -1.51. The SMILES string of the molecule is CCCC(C)N(C)C(=O)c1ccc(C)c(O)c1. The fourth-order valence-corrected chi connectivity index (χ4v) is 1.76. The first-order valence-corrected chi connectivity index (χ1v) is 6.04. The lowest BCUT2D eigenvalue weighted by atomic mass is 10.1. The average molecular weight is 235 g/mol. The second kappa shape index (κ2) is 5.71. The van der Waals surface area contributed by atoms with Crippen molar-refractivity contribution in [1.29, 1.82) is 0 Å². The molecular weight excluding hydrogens is 214 g/mol. The summed E-state index contributed by atoms with van der Waals surface area (Å²) in [5.74, 6) is 0.133. The molecule has 1 N–H and O–H groups in total. The predicted octanol–water partition coefficient (Wildman–Crippen LogP) is 2.96. The van der Waals surface area contributed by atoms with Crippen molar-refractivity contribution in [1.82, 2.24) is 4.90 Å². The van der Waals surface area contributed by atoms with Crippen LogP contribution in [-0.4, -0.2) is 29.0 Å². The van der Waals surface area contributed by atoms with Gasteiger partial charge in [0.2, 0.25) is 0 Å². The summed E-state index contributed by atoms with van der Waals surface area (Å²) in [6, 6.07) is 5.27. The number of aryl methyl sites for hydroxylation is 1. The summed E-state index contributed by atoms with van der Waals surface area (Å²) in [4.78, 5) is 13.9. The maximum absolute atomic E-state index is 12.1. The summed E-state index contributed by atoms with van der Waals surface area (Å²) in [6.07, 6.45) is 2.04. The minimum Gasteiger partial charge on any atom is -0.508 e. The Kier molecular flexibility index (Phi) is 4.55. The first kappa shape index (κ1) is 13.6. The van der Waals surface area contributed by atoms with Crippen LogP contribution in [0.15, 0.2) is 18.2 Å². The molecule has 3 nitrogen and oxygen atoms in total. The van der Waals surface area contributed by atoms with Gasteiger partial charge in [-0.05, 0) is 38.0 Å². The van der Waals surface area contributed by atoms with Gasteiger partial charge in [-0.1, -0.05) is 19.4 Å². The molecule has 1 unspecified atom stereocenters. The summed E-state index contributed by atoms with van der Waals surface area (Å²) < 4.78 is 0. The van der Waals surface area contributed by atoms with E-state index in [1.807, 2.05) is 13.8 Å². The second-order valence-electron chi connectivity index (χ2n) is 4.56. The van der Waals surface area contributed by atoms with E-state index in [4.69, 9.17) is 0 Å². The van der Waals surface area contributed by atoms with Crippen LogP contribution in [0.4, 0.5) is 0 Å². The molecule has 1 rings (SSSR count). The van der Waals surface area contributed by atoms with E-state index >= 15 is 0 Å². The Labute approximate surface area is 103 Å². The highest BCUT2D eigenvalue weighted by Gasteiger charge is 2.17. The van der Waals surface area contributed by atoms with E-state index in [2.05, 4.69) is 6.92 Å². The van der Waals surface area contributed by atoms with Gasteiger partial charge in [-0.2, -0.15) is 0 Å². The third-order valence-corrected chi connectivity index (χ3v) is 3.14. The van der Waals surface area contributed by atoms with Crippen molar-refractivity contribution in [2.75, 3.05) is 7.05 Å². The molecule has 94 valence electrons. The van der Waals surface area contributed by atoms with Gasteiger partial charge >= 0.3 is 0 Å². The molecule has 1 atom stereocenters. The van der Waals surface area contributed by atoms with Crippen LogP contribution >= 0.6 is 0 Å². The van der Waals surface area contributed by atoms with Crippen molar-refractivity contribution in [3.05, 3.63) is 29.3 Å². The first-order valence-electron chi connectivity index (χ1n) is 6.04. The summed E-state index contributed by atoms with van der Waals surface area (Å²) >= 11 is 0. The summed E-state index contributed by atoms with van der Waals surface area (Å²) in [5, 5.41) is 9.60. The number of hydrogen-bond donors (Lipinski definition) is 1. The molecule has 0 radical (unpaired) electrons. The maximum atomic E-state index is 12.1. The van der Waals surface area contributed by atoms with Crippen molar-refractivity contribution in [2.24, 2.45) is 0 Å². The highest BCUT2D eigenvalue weighted by Crippen LogP contribution is 2.19. The predicted molar refractivity (Wildman–Crippen MR) is 69.3 cm³/mol. The lowest BCUT2D eigenvalue weighted by molar-refractivity contribution is 0.0736. The summed E-state index contributed by atoms with van der Waals surface area (Å²) in [5.41, 5.74) is 1.32. The minimum absolute atomic E-state index is 0.0405. The van der Waals surface area contributed by atoms with E-state index in [9.17, 15) is 9.90 Å². The van der Waals surface area contributed by atoms with Crippen LogP contribution in [0.3, 0.4) is 0 Å². The highest BCUT2D eigenvalue weighted by atomic mass is 16.3. The third kappa shape index (κ3) is 3.22. The Morgan fingerprint density at radius 2 is 2.12 bits per heavy atom. The van der Waals surface area contributed by atoms with Gasteiger partial charge in [-0.25, -0.2) is 0 Å². The Balaban J connectivity index is 2.85. The average Bonchev–Trinajstić information content (AvgIpc) is 2.31. The summed E-state index contributed by atoms with van der Waals surface area (Å²) in [7, 11) is 1.81. The van der Waals surface area contributed by atoms with Gasteiger partial charge in [-0.15, -0.1) is 0 Å². The molecule has 1 aromatic rings. The number of aromatic hydroxyl groups is 1. The lowest BCUT2D eigenvalue weighted by Gasteiger charge is -2.24. The minimum atomic E-state index is -0.0405. The van der Waals surface area contributed by atoms with Gasteiger partial charge in [0.1, 0.15) is 5.75 Å². The number of phenols is 1. The van der Waals surface area contributed by atoms with Crippen LogP contribution in [0, 0.1) is 6.92 Å². The van der Waals surface area contributed by atoms with E-state index in [1.165, 1.54) is 6.07 Å². The van der Waals surface area contributed by atoms with Crippen LogP contribution in [-0.2, 0) is 0 Å². The van der Waals surface area contributed by atoms with Gasteiger partial charge in [0.15, 0.2) is 0 Å². The van der Waals surface area contributed by atoms with Crippen LogP contribution in [0.2, 0.25) is 0 Å². The van der Waals surface area contributed by atoms with Crippen molar-refractivity contribution >= 4 is 5.91 Å². The molecule has 0 aromatic heterocycles. The molecule has 0 aliphatic carbocycles. The van der Waals surface area contributed by atoms with Crippen LogP contribution in [0.1, 0.15) is 42.6 Å². The maximum Gasteiger partial charge on any atom is 0.253 e. The van der Waals surface area contributed by atoms with Crippen LogP contribution < -0.4 is 0 Å². The largest absolute Gasteiger partial charge is 0.508 e. The Bertz CT molecular complexity index is 401. The number of carbonyl (C=O) groups is 1.